The second kappa shape index (κ2) is 21.6. The molecule has 2 unspecified atom stereocenters. The Hall–Kier alpha value is -6.74. The molecule has 0 aliphatic rings. The van der Waals surface area contributed by atoms with Crippen LogP contribution in [0.5, 0.6) is 0 Å². The number of sulfonamides is 2. The van der Waals surface area contributed by atoms with E-state index in [9.17, 15) is 26.4 Å². The largest absolute Gasteiger partial charge is 0.444 e. The fourth-order valence-electron chi connectivity index (χ4n) is 5.84. The van der Waals surface area contributed by atoms with Gasteiger partial charge < -0.3 is 20.7 Å². The molecule has 0 saturated heterocycles. The van der Waals surface area contributed by atoms with Gasteiger partial charge in [0.2, 0.25) is 20.0 Å². The minimum atomic E-state index is -3.48. The molecule has 64 heavy (non-hydrogen) atoms. The van der Waals surface area contributed by atoms with Crippen LogP contribution in [0.3, 0.4) is 0 Å². The van der Waals surface area contributed by atoms with Crippen LogP contribution < -0.4 is 25.4 Å². The van der Waals surface area contributed by atoms with Gasteiger partial charge in [-0.1, -0.05) is 105 Å². The van der Waals surface area contributed by atoms with Crippen LogP contribution >= 0.6 is 0 Å². The Kier molecular flexibility index (Phi) is 16.8. The van der Waals surface area contributed by atoms with E-state index in [1.807, 2.05) is 98.8 Å². The lowest BCUT2D eigenvalue weighted by Crippen LogP contribution is -2.34. The van der Waals surface area contributed by atoms with E-state index in [2.05, 4.69) is 69.8 Å². The lowest BCUT2D eigenvalue weighted by molar-refractivity contribution is 0.0507. The van der Waals surface area contributed by atoms with Gasteiger partial charge in [-0.3, -0.25) is 9.44 Å². The Morgan fingerprint density at radius 2 is 0.984 bits per heavy atom. The van der Waals surface area contributed by atoms with Gasteiger partial charge in [0.25, 0.3) is 0 Å². The maximum atomic E-state index is 12.6. The van der Waals surface area contributed by atoms with E-state index in [-0.39, 0.29) is 23.5 Å². The van der Waals surface area contributed by atoms with Gasteiger partial charge in [-0.15, -0.1) is 0 Å². The lowest BCUT2D eigenvalue weighted by atomic mass is 9.87. The molecule has 0 fully saturated rings. The molecule has 5 aromatic carbocycles. The topological polar surface area (TPSA) is 172 Å². The number of alkyl carbamates (subject to hydrolysis) is 1. The summed E-state index contributed by atoms with van der Waals surface area (Å²) in [5.41, 5.74) is 6.29. The van der Waals surface area contributed by atoms with Crippen molar-refractivity contribution in [1.82, 2.24) is 10.6 Å². The van der Waals surface area contributed by atoms with Crippen LogP contribution in [-0.4, -0.2) is 47.1 Å². The molecule has 5 rings (SSSR count). The molecule has 5 aromatic rings. The number of hydrogen-bond donors (Lipinski definition) is 5. The molecule has 0 spiro atoms. The Morgan fingerprint density at radius 1 is 0.562 bits per heavy atom. The van der Waals surface area contributed by atoms with Crippen molar-refractivity contribution in [3.05, 3.63) is 160 Å². The predicted molar refractivity (Wildman–Crippen MR) is 258 cm³/mol. The zero-order chi connectivity index (χ0) is 47.3. The SMILES string of the molecule is CC(NC(=O)Nc1ccc(C(C)(C)C)cc1)c1ccc(NS(C)(=O)=O)c(C#Cc2ccccc2)c1.CC(NC(=O)OC(C)(C)C)c1ccc(NS(C)(=O)=O)c(C#Cc2ccccc2)c1. The summed E-state index contributed by atoms with van der Waals surface area (Å²) in [6.45, 7) is 15.5. The summed E-state index contributed by atoms with van der Waals surface area (Å²) >= 11 is 0. The quantitative estimate of drug-likeness (QED) is 0.0917. The summed E-state index contributed by atoms with van der Waals surface area (Å²) in [5.74, 6) is 12.2. The highest BCUT2D eigenvalue weighted by molar-refractivity contribution is 7.92. The van der Waals surface area contributed by atoms with E-state index in [0.717, 1.165) is 34.8 Å². The number of hydrogen-bond acceptors (Lipinski definition) is 7. The van der Waals surface area contributed by atoms with Gasteiger partial charge in [0.15, 0.2) is 0 Å². The third-order valence-electron chi connectivity index (χ3n) is 9.00. The third-order valence-corrected chi connectivity index (χ3v) is 10.2. The Balaban J connectivity index is 0.000000286. The number of ether oxygens (including phenoxy) is 1. The first kappa shape index (κ1) is 49.9. The summed E-state index contributed by atoms with van der Waals surface area (Å²) in [6, 6.07) is 35.9. The molecule has 0 saturated carbocycles. The lowest BCUT2D eigenvalue weighted by Gasteiger charge is -2.22. The summed E-state index contributed by atoms with van der Waals surface area (Å²) < 4.78 is 57.3. The zero-order valence-electron chi connectivity index (χ0n) is 37.9. The molecular formula is C50H57N5O7S2. The Morgan fingerprint density at radius 3 is 1.38 bits per heavy atom. The zero-order valence-corrected chi connectivity index (χ0v) is 39.5. The number of nitrogens with one attached hydrogen (secondary N) is 5. The fourth-order valence-corrected chi connectivity index (χ4v) is 6.99. The standard InChI is InChI=1S/C28H31N3O3S.C22H26N2O4S/c1-20(29-27(32)30-25-16-14-24(15-17-25)28(2,3)4)22-13-18-26(31-35(5,33)34)23(19-22)12-11-21-9-7-6-8-10-21;1-16(23-21(25)28-22(2,3)4)18-13-14-20(24-29(5,26)27)19(15-18)12-11-17-9-7-6-8-10-17/h6-10,13-20,31H,1-5H3,(H2,29,30,32);6-10,13-16,24H,1-5H3,(H,23,25). The van der Waals surface area contributed by atoms with E-state index < -0.39 is 31.7 Å². The number of benzene rings is 5. The second-order valence-electron chi connectivity index (χ2n) is 17.1. The maximum absolute atomic E-state index is 12.6. The van der Waals surface area contributed by atoms with Crippen molar-refractivity contribution in [2.45, 2.75) is 78.5 Å². The van der Waals surface area contributed by atoms with Crippen molar-refractivity contribution in [2.24, 2.45) is 0 Å². The molecule has 0 aromatic heterocycles. The number of carbonyl (C=O) groups excluding carboxylic acids is 2. The first-order valence-electron chi connectivity index (χ1n) is 20.4. The number of rotatable bonds is 9. The van der Waals surface area contributed by atoms with Crippen LogP contribution in [-0.2, 0) is 30.2 Å². The Bertz CT molecular complexity index is 2760. The second-order valence-corrected chi connectivity index (χ2v) is 20.6. The van der Waals surface area contributed by atoms with Gasteiger partial charge in [0, 0.05) is 27.9 Å². The Labute approximate surface area is 379 Å². The molecule has 0 heterocycles. The third kappa shape index (κ3) is 17.6. The van der Waals surface area contributed by atoms with E-state index in [0.29, 0.717) is 28.2 Å². The van der Waals surface area contributed by atoms with Crippen molar-refractivity contribution in [2.75, 3.05) is 27.3 Å². The molecule has 14 heteroatoms. The van der Waals surface area contributed by atoms with Crippen molar-refractivity contribution >= 4 is 49.2 Å². The monoisotopic (exact) mass is 903 g/mol. The molecule has 2 atom stereocenters. The molecule has 0 aliphatic carbocycles. The van der Waals surface area contributed by atoms with Gasteiger partial charge >= 0.3 is 12.1 Å². The molecule has 0 bridgehead atoms. The van der Waals surface area contributed by atoms with Crippen molar-refractivity contribution in [3.8, 4) is 23.7 Å². The summed E-state index contributed by atoms with van der Waals surface area (Å²) in [6.07, 6.45) is 1.65. The summed E-state index contributed by atoms with van der Waals surface area (Å²) in [4.78, 5) is 24.6. The van der Waals surface area contributed by atoms with Crippen LogP contribution in [0.2, 0.25) is 0 Å². The average molecular weight is 904 g/mol. The van der Waals surface area contributed by atoms with Crippen molar-refractivity contribution in [3.63, 3.8) is 0 Å². The van der Waals surface area contributed by atoms with Crippen molar-refractivity contribution in [1.29, 1.82) is 0 Å². The van der Waals surface area contributed by atoms with Crippen LogP contribution in [0, 0.1) is 23.7 Å². The number of carbonyl (C=O) groups is 2. The molecule has 0 radical (unpaired) electrons. The molecule has 12 nitrogen and oxygen atoms in total. The van der Waals surface area contributed by atoms with Gasteiger partial charge in [-0.05, 0) is 117 Å². The smallest absolute Gasteiger partial charge is 0.408 e. The molecular weight excluding hydrogens is 847 g/mol. The van der Waals surface area contributed by atoms with Crippen LogP contribution in [0.25, 0.3) is 0 Å². The predicted octanol–water partition coefficient (Wildman–Crippen LogP) is 9.68. The van der Waals surface area contributed by atoms with Crippen LogP contribution in [0.1, 0.15) is 106 Å². The summed E-state index contributed by atoms with van der Waals surface area (Å²) in [5, 5.41) is 8.55. The maximum Gasteiger partial charge on any atom is 0.408 e. The molecule has 336 valence electrons. The van der Waals surface area contributed by atoms with E-state index >= 15 is 0 Å². The van der Waals surface area contributed by atoms with E-state index in [1.54, 1.807) is 57.2 Å². The fraction of sp³-hybridized carbons (Fsp3) is 0.280. The molecule has 0 aliphatic heterocycles. The molecule has 3 amide bonds. The highest BCUT2D eigenvalue weighted by Crippen LogP contribution is 2.26. The normalized spacial score (nSPS) is 12.2. The van der Waals surface area contributed by atoms with Gasteiger partial charge in [-0.2, -0.15) is 0 Å². The first-order valence-corrected chi connectivity index (χ1v) is 24.2. The van der Waals surface area contributed by atoms with Crippen LogP contribution in [0.15, 0.2) is 121 Å². The number of amides is 3. The van der Waals surface area contributed by atoms with Crippen molar-refractivity contribution < 1.29 is 31.2 Å². The van der Waals surface area contributed by atoms with E-state index in [1.165, 1.54) is 5.56 Å². The van der Waals surface area contributed by atoms with Gasteiger partial charge in [0.1, 0.15) is 5.60 Å². The molecule has 5 N–H and O–H groups in total. The first-order chi connectivity index (χ1) is 29.8. The van der Waals surface area contributed by atoms with E-state index in [4.69, 9.17) is 4.74 Å². The van der Waals surface area contributed by atoms with Gasteiger partial charge in [0.05, 0.1) is 36.0 Å². The minimum Gasteiger partial charge on any atom is -0.444 e. The number of anilines is 3. The van der Waals surface area contributed by atoms with Gasteiger partial charge in [-0.25, -0.2) is 26.4 Å². The average Bonchev–Trinajstić information content (AvgIpc) is 3.19. The minimum absolute atomic E-state index is 0.0363. The van der Waals surface area contributed by atoms with Crippen LogP contribution in [0.4, 0.5) is 26.7 Å². The highest BCUT2D eigenvalue weighted by Gasteiger charge is 2.20. The summed E-state index contributed by atoms with van der Waals surface area (Å²) in [7, 11) is -6.94. The number of urea groups is 1. The highest BCUT2D eigenvalue weighted by atomic mass is 32.2.